The minimum Gasteiger partial charge on any atom is -0.322 e. The Balaban J connectivity index is 1.89. The van der Waals surface area contributed by atoms with Crippen molar-refractivity contribution in [1.29, 1.82) is 0 Å². The zero-order chi connectivity index (χ0) is 14.8. The van der Waals surface area contributed by atoms with E-state index in [9.17, 15) is 4.79 Å². The van der Waals surface area contributed by atoms with E-state index in [0.29, 0.717) is 5.56 Å². The molecule has 0 bridgehead atoms. The Morgan fingerprint density at radius 2 is 2.00 bits per heavy atom. The topological polar surface area (TPSA) is 42.0 Å². The van der Waals surface area contributed by atoms with E-state index in [1.54, 1.807) is 12.3 Å². The van der Waals surface area contributed by atoms with Crippen LogP contribution in [0.1, 0.15) is 15.9 Å². The Bertz CT molecular complexity index is 810. The maximum atomic E-state index is 12.3. The molecule has 2 aromatic carbocycles. The van der Waals surface area contributed by atoms with Gasteiger partial charge in [0.1, 0.15) is 0 Å². The number of amides is 1. The standard InChI is InChI=1S/C17H13BrN2O/c1-11-7-14(18)10-15(8-11)20-17(21)13-4-5-16-12(9-13)3-2-6-19-16/h2-10H,1H3,(H,20,21). The predicted molar refractivity (Wildman–Crippen MR) is 88.6 cm³/mol. The molecule has 0 fully saturated rings. The van der Waals surface area contributed by atoms with Crippen LogP contribution < -0.4 is 5.32 Å². The number of pyridine rings is 1. The first-order valence-electron chi connectivity index (χ1n) is 6.55. The van der Waals surface area contributed by atoms with Crippen molar-refractivity contribution < 1.29 is 4.79 Å². The molecular formula is C17H13BrN2O. The van der Waals surface area contributed by atoms with E-state index in [1.165, 1.54) is 0 Å². The molecule has 1 heterocycles. The van der Waals surface area contributed by atoms with Gasteiger partial charge in [0.25, 0.3) is 5.91 Å². The molecule has 0 unspecified atom stereocenters. The molecule has 3 nitrogen and oxygen atoms in total. The maximum absolute atomic E-state index is 12.3. The van der Waals surface area contributed by atoms with Crippen LogP contribution in [0.15, 0.2) is 59.2 Å². The highest BCUT2D eigenvalue weighted by molar-refractivity contribution is 9.10. The highest BCUT2D eigenvalue weighted by Gasteiger charge is 2.08. The van der Waals surface area contributed by atoms with Gasteiger partial charge < -0.3 is 5.32 Å². The molecule has 1 N–H and O–H groups in total. The Kier molecular flexibility index (Phi) is 3.71. The summed E-state index contributed by atoms with van der Waals surface area (Å²) in [6.45, 7) is 1.99. The second-order valence-electron chi connectivity index (χ2n) is 4.88. The zero-order valence-corrected chi connectivity index (χ0v) is 13.0. The summed E-state index contributed by atoms with van der Waals surface area (Å²) in [4.78, 5) is 16.6. The van der Waals surface area contributed by atoms with E-state index in [4.69, 9.17) is 0 Å². The average molecular weight is 341 g/mol. The third-order valence-corrected chi connectivity index (χ3v) is 3.62. The normalized spacial score (nSPS) is 10.6. The van der Waals surface area contributed by atoms with Gasteiger partial charge in [-0.15, -0.1) is 0 Å². The molecular weight excluding hydrogens is 328 g/mol. The van der Waals surface area contributed by atoms with Crippen molar-refractivity contribution in [3.05, 3.63) is 70.3 Å². The fourth-order valence-corrected chi connectivity index (χ4v) is 2.84. The minimum absolute atomic E-state index is 0.127. The molecule has 3 rings (SSSR count). The largest absolute Gasteiger partial charge is 0.322 e. The second kappa shape index (κ2) is 5.66. The number of aryl methyl sites for hydroxylation is 1. The van der Waals surface area contributed by atoms with E-state index in [-0.39, 0.29) is 5.91 Å². The van der Waals surface area contributed by atoms with E-state index in [2.05, 4.69) is 26.2 Å². The molecule has 0 aliphatic carbocycles. The van der Waals surface area contributed by atoms with E-state index >= 15 is 0 Å². The van der Waals surface area contributed by atoms with Crippen molar-refractivity contribution in [2.45, 2.75) is 6.92 Å². The number of hydrogen-bond acceptors (Lipinski definition) is 2. The van der Waals surface area contributed by atoms with Crippen molar-refractivity contribution in [1.82, 2.24) is 4.98 Å². The summed E-state index contributed by atoms with van der Waals surface area (Å²) >= 11 is 3.43. The molecule has 21 heavy (non-hydrogen) atoms. The van der Waals surface area contributed by atoms with Crippen LogP contribution in [-0.2, 0) is 0 Å². The number of nitrogens with zero attached hydrogens (tertiary/aromatic N) is 1. The predicted octanol–water partition coefficient (Wildman–Crippen LogP) is 4.56. The van der Waals surface area contributed by atoms with Gasteiger partial charge in [0.2, 0.25) is 0 Å². The number of rotatable bonds is 2. The first kappa shape index (κ1) is 13.8. The maximum Gasteiger partial charge on any atom is 0.255 e. The quantitative estimate of drug-likeness (QED) is 0.743. The van der Waals surface area contributed by atoms with Gasteiger partial charge >= 0.3 is 0 Å². The van der Waals surface area contributed by atoms with Gasteiger partial charge in [-0.3, -0.25) is 9.78 Å². The molecule has 0 aliphatic rings. The molecule has 1 aromatic heterocycles. The molecule has 104 valence electrons. The molecule has 1 amide bonds. The summed E-state index contributed by atoms with van der Waals surface area (Å²) in [5.74, 6) is -0.127. The van der Waals surface area contributed by atoms with Crippen LogP contribution in [0, 0.1) is 6.92 Å². The first-order chi connectivity index (χ1) is 10.1. The fraction of sp³-hybridized carbons (Fsp3) is 0.0588. The zero-order valence-electron chi connectivity index (χ0n) is 11.4. The third-order valence-electron chi connectivity index (χ3n) is 3.17. The monoisotopic (exact) mass is 340 g/mol. The number of benzene rings is 2. The highest BCUT2D eigenvalue weighted by atomic mass is 79.9. The van der Waals surface area contributed by atoms with Crippen LogP contribution in [0.2, 0.25) is 0 Å². The van der Waals surface area contributed by atoms with Gasteiger partial charge in [-0.1, -0.05) is 22.0 Å². The van der Waals surface area contributed by atoms with E-state index < -0.39 is 0 Å². The van der Waals surface area contributed by atoms with Crippen LogP contribution in [0.3, 0.4) is 0 Å². The van der Waals surface area contributed by atoms with Crippen molar-refractivity contribution in [3.63, 3.8) is 0 Å². The molecule has 0 spiro atoms. The summed E-state index contributed by atoms with van der Waals surface area (Å²) in [7, 11) is 0. The number of carbonyl (C=O) groups is 1. The summed E-state index contributed by atoms with van der Waals surface area (Å²) in [5.41, 5.74) is 3.36. The average Bonchev–Trinajstić information content (AvgIpc) is 2.45. The van der Waals surface area contributed by atoms with Crippen molar-refractivity contribution in [2.24, 2.45) is 0 Å². The van der Waals surface area contributed by atoms with Crippen LogP contribution >= 0.6 is 15.9 Å². The van der Waals surface area contributed by atoms with Gasteiger partial charge in [-0.25, -0.2) is 0 Å². The number of fused-ring (bicyclic) bond motifs is 1. The molecule has 4 heteroatoms. The number of nitrogens with one attached hydrogen (secondary N) is 1. The lowest BCUT2D eigenvalue weighted by atomic mass is 10.1. The molecule has 0 saturated heterocycles. The number of hydrogen-bond donors (Lipinski definition) is 1. The summed E-state index contributed by atoms with van der Waals surface area (Å²) in [6, 6.07) is 15.1. The highest BCUT2D eigenvalue weighted by Crippen LogP contribution is 2.20. The first-order valence-corrected chi connectivity index (χ1v) is 7.34. The molecule has 0 radical (unpaired) electrons. The van der Waals surface area contributed by atoms with Crippen LogP contribution in [0.4, 0.5) is 5.69 Å². The fourth-order valence-electron chi connectivity index (χ4n) is 2.23. The number of halogens is 1. The number of anilines is 1. The molecule has 3 aromatic rings. The van der Waals surface area contributed by atoms with Crippen molar-refractivity contribution >= 4 is 38.4 Å². The summed E-state index contributed by atoms with van der Waals surface area (Å²) < 4.78 is 0.945. The van der Waals surface area contributed by atoms with Crippen LogP contribution in [0.25, 0.3) is 10.9 Å². The van der Waals surface area contributed by atoms with Crippen LogP contribution in [-0.4, -0.2) is 10.9 Å². The smallest absolute Gasteiger partial charge is 0.255 e. The lowest BCUT2D eigenvalue weighted by molar-refractivity contribution is 0.102. The lowest BCUT2D eigenvalue weighted by Gasteiger charge is -2.08. The Morgan fingerprint density at radius 1 is 1.14 bits per heavy atom. The van der Waals surface area contributed by atoms with Gasteiger partial charge in [-0.05, 0) is 55.0 Å². The summed E-state index contributed by atoms with van der Waals surface area (Å²) in [6.07, 6.45) is 1.74. The Hall–Kier alpha value is -2.20. The van der Waals surface area contributed by atoms with Gasteiger partial charge in [0, 0.05) is 27.3 Å². The SMILES string of the molecule is Cc1cc(Br)cc(NC(=O)c2ccc3ncccc3c2)c1. The molecule has 0 aliphatic heterocycles. The Morgan fingerprint density at radius 3 is 2.81 bits per heavy atom. The van der Waals surface area contributed by atoms with Gasteiger partial charge in [0.15, 0.2) is 0 Å². The molecule has 0 atom stereocenters. The summed E-state index contributed by atoms with van der Waals surface area (Å²) in [5, 5.41) is 3.87. The minimum atomic E-state index is -0.127. The van der Waals surface area contributed by atoms with E-state index in [0.717, 1.165) is 26.6 Å². The third kappa shape index (κ3) is 3.11. The molecule has 0 saturated carbocycles. The van der Waals surface area contributed by atoms with Crippen LogP contribution in [0.5, 0.6) is 0 Å². The Labute approximate surface area is 131 Å². The number of aromatic nitrogens is 1. The lowest BCUT2D eigenvalue weighted by Crippen LogP contribution is -2.11. The van der Waals surface area contributed by atoms with Gasteiger partial charge in [-0.2, -0.15) is 0 Å². The van der Waals surface area contributed by atoms with E-state index in [1.807, 2.05) is 49.4 Å². The van der Waals surface area contributed by atoms with Gasteiger partial charge in [0.05, 0.1) is 5.52 Å². The number of carbonyl (C=O) groups excluding carboxylic acids is 1. The second-order valence-corrected chi connectivity index (χ2v) is 5.80. The van der Waals surface area contributed by atoms with Crippen molar-refractivity contribution in [2.75, 3.05) is 5.32 Å². The van der Waals surface area contributed by atoms with Crippen molar-refractivity contribution in [3.8, 4) is 0 Å².